The lowest BCUT2D eigenvalue weighted by Gasteiger charge is -2.36. The summed E-state index contributed by atoms with van der Waals surface area (Å²) in [6.07, 6.45) is 3.34. The standard InChI is InChI=1S/C19H32N2OSi/c1-7-12-21-13-10-16-15-17(8-9-18(16)21)20-11-14-22-23(5,6)19(2,3)4/h8-10,13,15,20H,7,11-12,14H2,1-6H3. The Morgan fingerprint density at radius 3 is 2.57 bits per heavy atom. The fourth-order valence-corrected chi connectivity index (χ4v) is 3.51. The molecule has 0 spiro atoms. The summed E-state index contributed by atoms with van der Waals surface area (Å²) in [5.74, 6) is 0. The zero-order valence-electron chi connectivity index (χ0n) is 15.6. The molecule has 1 aromatic carbocycles. The van der Waals surface area contributed by atoms with Gasteiger partial charge in [0.1, 0.15) is 0 Å². The smallest absolute Gasteiger partial charge is 0.192 e. The highest BCUT2D eigenvalue weighted by molar-refractivity contribution is 6.74. The van der Waals surface area contributed by atoms with Crippen LogP contribution in [0.4, 0.5) is 5.69 Å². The SMILES string of the molecule is CCCn1ccc2cc(NCCO[Si](C)(C)C(C)(C)C)ccc21. The van der Waals surface area contributed by atoms with E-state index in [4.69, 9.17) is 4.43 Å². The van der Waals surface area contributed by atoms with E-state index in [2.05, 4.69) is 81.1 Å². The molecule has 128 valence electrons. The Morgan fingerprint density at radius 1 is 1.17 bits per heavy atom. The van der Waals surface area contributed by atoms with Gasteiger partial charge in [0, 0.05) is 35.9 Å². The zero-order valence-corrected chi connectivity index (χ0v) is 16.6. The van der Waals surface area contributed by atoms with Crippen molar-refractivity contribution in [3.05, 3.63) is 30.5 Å². The molecule has 1 N–H and O–H groups in total. The van der Waals surface area contributed by atoms with Gasteiger partial charge in [0.25, 0.3) is 0 Å². The molecule has 0 saturated carbocycles. The summed E-state index contributed by atoms with van der Waals surface area (Å²) in [4.78, 5) is 0. The first-order valence-corrected chi connectivity index (χ1v) is 11.6. The van der Waals surface area contributed by atoms with Crippen LogP contribution in [0.3, 0.4) is 0 Å². The summed E-state index contributed by atoms with van der Waals surface area (Å²) in [7, 11) is -1.64. The second kappa shape index (κ2) is 7.10. The van der Waals surface area contributed by atoms with Gasteiger partial charge in [-0.15, -0.1) is 0 Å². The van der Waals surface area contributed by atoms with E-state index in [9.17, 15) is 0 Å². The maximum Gasteiger partial charge on any atom is 0.192 e. The van der Waals surface area contributed by atoms with E-state index in [1.807, 2.05) is 0 Å². The molecule has 2 aromatic rings. The van der Waals surface area contributed by atoms with E-state index in [1.54, 1.807) is 0 Å². The van der Waals surface area contributed by atoms with Crippen molar-refractivity contribution in [2.75, 3.05) is 18.5 Å². The van der Waals surface area contributed by atoms with Crippen LogP contribution in [0.1, 0.15) is 34.1 Å². The number of fused-ring (bicyclic) bond motifs is 1. The molecular weight excluding hydrogens is 300 g/mol. The zero-order chi connectivity index (χ0) is 17.1. The molecule has 0 aliphatic carbocycles. The lowest BCUT2D eigenvalue weighted by Crippen LogP contribution is -2.41. The fourth-order valence-electron chi connectivity index (χ4n) is 2.46. The fraction of sp³-hybridized carbons (Fsp3) is 0.579. The van der Waals surface area contributed by atoms with Crippen LogP contribution >= 0.6 is 0 Å². The van der Waals surface area contributed by atoms with Crippen LogP contribution in [0, 0.1) is 0 Å². The van der Waals surface area contributed by atoms with Crippen LogP contribution in [-0.4, -0.2) is 26.0 Å². The lowest BCUT2D eigenvalue weighted by molar-refractivity contribution is 0.301. The van der Waals surface area contributed by atoms with Crippen LogP contribution in [0.15, 0.2) is 30.5 Å². The molecule has 1 aromatic heterocycles. The number of hydrogen-bond donors (Lipinski definition) is 1. The number of benzene rings is 1. The Bertz CT molecular complexity index is 640. The number of hydrogen-bond acceptors (Lipinski definition) is 2. The normalized spacial score (nSPS) is 12.8. The van der Waals surface area contributed by atoms with E-state index < -0.39 is 8.32 Å². The molecule has 0 amide bonds. The number of aromatic nitrogens is 1. The number of rotatable bonds is 7. The van der Waals surface area contributed by atoms with Gasteiger partial charge in [0.05, 0.1) is 6.61 Å². The van der Waals surface area contributed by atoms with Gasteiger partial charge in [-0.3, -0.25) is 0 Å². The molecule has 2 rings (SSSR count). The highest BCUT2D eigenvalue weighted by Gasteiger charge is 2.36. The molecule has 4 heteroatoms. The van der Waals surface area contributed by atoms with Crippen molar-refractivity contribution in [3.8, 4) is 0 Å². The van der Waals surface area contributed by atoms with Crippen LogP contribution in [0.25, 0.3) is 10.9 Å². The van der Waals surface area contributed by atoms with Gasteiger partial charge in [-0.1, -0.05) is 27.7 Å². The largest absolute Gasteiger partial charge is 0.415 e. The van der Waals surface area contributed by atoms with Gasteiger partial charge >= 0.3 is 0 Å². The Balaban J connectivity index is 1.90. The molecule has 0 radical (unpaired) electrons. The van der Waals surface area contributed by atoms with E-state index in [0.717, 1.165) is 26.1 Å². The van der Waals surface area contributed by atoms with Gasteiger partial charge in [0.15, 0.2) is 8.32 Å². The predicted octanol–water partition coefficient (Wildman–Crippen LogP) is 5.49. The molecule has 23 heavy (non-hydrogen) atoms. The Hall–Kier alpha value is -1.26. The van der Waals surface area contributed by atoms with Gasteiger partial charge in [-0.05, 0) is 48.8 Å². The van der Waals surface area contributed by atoms with Crippen molar-refractivity contribution in [2.24, 2.45) is 0 Å². The molecule has 3 nitrogen and oxygen atoms in total. The Kier molecular flexibility index (Phi) is 5.58. The van der Waals surface area contributed by atoms with Gasteiger partial charge in [-0.2, -0.15) is 0 Å². The molecule has 0 saturated heterocycles. The van der Waals surface area contributed by atoms with Crippen LogP contribution in [0.5, 0.6) is 0 Å². The van der Waals surface area contributed by atoms with Crippen LogP contribution in [-0.2, 0) is 11.0 Å². The minimum atomic E-state index is -1.64. The van der Waals surface area contributed by atoms with E-state index in [0.29, 0.717) is 0 Å². The first-order valence-electron chi connectivity index (χ1n) is 8.71. The van der Waals surface area contributed by atoms with E-state index in [1.165, 1.54) is 16.6 Å². The highest BCUT2D eigenvalue weighted by atomic mass is 28.4. The van der Waals surface area contributed by atoms with Crippen LogP contribution < -0.4 is 5.32 Å². The minimum absolute atomic E-state index is 0.272. The third-order valence-corrected chi connectivity index (χ3v) is 9.47. The van der Waals surface area contributed by atoms with Crippen molar-refractivity contribution >= 4 is 24.9 Å². The molecule has 0 atom stereocenters. The topological polar surface area (TPSA) is 26.2 Å². The number of aryl methyl sites for hydroxylation is 1. The van der Waals surface area contributed by atoms with Crippen molar-refractivity contribution in [3.63, 3.8) is 0 Å². The number of nitrogens with zero attached hydrogens (tertiary/aromatic N) is 1. The average Bonchev–Trinajstić information content (AvgIpc) is 2.85. The lowest BCUT2D eigenvalue weighted by atomic mass is 10.2. The third kappa shape index (κ3) is 4.39. The molecule has 1 heterocycles. The quantitative estimate of drug-likeness (QED) is 0.536. The summed E-state index contributed by atoms with van der Waals surface area (Å²) < 4.78 is 8.53. The first kappa shape index (κ1) is 18.1. The predicted molar refractivity (Wildman–Crippen MR) is 104 cm³/mol. The average molecular weight is 333 g/mol. The van der Waals surface area contributed by atoms with Crippen molar-refractivity contribution in [1.29, 1.82) is 0 Å². The second-order valence-electron chi connectivity index (χ2n) is 7.82. The van der Waals surface area contributed by atoms with Gasteiger partial charge in [-0.25, -0.2) is 0 Å². The summed E-state index contributed by atoms with van der Waals surface area (Å²) >= 11 is 0. The molecule has 0 unspecified atom stereocenters. The molecule has 0 aliphatic rings. The summed E-state index contributed by atoms with van der Waals surface area (Å²) in [6.45, 7) is 16.4. The summed E-state index contributed by atoms with van der Waals surface area (Å²) in [5, 5.41) is 5.06. The molecule has 0 fully saturated rings. The molecule has 0 aliphatic heterocycles. The maximum absolute atomic E-state index is 6.21. The summed E-state index contributed by atoms with van der Waals surface area (Å²) in [6, 6.07) is 8.80. The van der Waals surface area contributed by atoms with Crippen molar-refractivity contribution in [2.45, 2.75) is 58.8 Å². The van der Waals surface area contributed by atoms with Gasteiger partial charge < -0.3 is 14.3 Å². The number of nitrogens with one attached hydrogen (secondary N) is 1. The number of anilines is 1. The minimum Gasteiger partial charge on any atom is -0.415 e. The molecule has 0 bridgehead atoms. The van der Waals surface area contributed by atoms with Gasteiger partial charge in [0.2, 0.25) is 0 Å². The molecular formula is C19H32N2OSi. The third-order valence-electron chi connectivity index (χ3n) is 4.94. The van der Waals surface area contributed by atoms with Crippen molar-refractivity contribution in [1.82, 2.24) is 4.57 Å². The maximum atomic E-state index is 6.21. The van der Waals surface area contributed by atoms with E-state index in [-0.39, 0.29) is 5.04 Å². The summed E-state index contributed by atoms with van der Waals surface area (Å²) in [5.41, 5.74) is 2.49. The Morgan fingerprint density at radius 2 is 1.91 bits per heavy atom. The van der Waals surface area contributed by atoms with Crippen LogP contribution in [0.2, 0.25) is 18.1 Å². The Labute approximate surface area is 142 Å². The second-order valence-corrected chi connectivity index (χ2v) is 12.6. The monoisotopic (exact) mass is 332 g/mol. The van der Waals surface area contributed by atoms with Crippen molar-refractivity contribution < 1.29 is 4.43 Å². The highest BCUT2D eigenvalue weighted by Crippen LogP contribution is 2.36. The van der Waals surface area contributed by atoms with E-state index >= 15 is 0 Å². The first-order chi connectivity index (χ1) is 10.7.